The summed E-state index contributed by atoms with van der Waals surface area (Å²) < 4.78 is 7.45. The molecule has 0 unspecified atom stereocenters. The molecule has 7 heteroatoms. The summed E-state index contributed by atoms with van der Waals surface area (Å²) in [5.41, 5.74) is 2.72. The highest BCUT2D eigenvalue weighted by atomic mass is 16.5. The Bertz CT molecular complexity index is 1520. The number of aryl methyl sites for hydroxylation is 1. The maximum absolute atomic E-state index is 14.1. The fourth-order valence-corrected chi connectivity index (χ4v) is 6.48. The topological polar surface area (TPSA) is 58.0 Å². The molecule has 0 atom stereocenters. The van der Waals surface area contributed by atoms with Crippen LogP contribution in [0.3, 0.4) is 0 Å². The van der Waals surface area contributed by atoms with Crippen LogP contribution in [0.1, 0.15) is 30.4 Å². The minimum atomic E-state index is -0.781. The number of urea groups is 1. The number of methoxy groups -OCH3 is 1. The van der Waals surface area contributed by atoms with Crippen LogP contribution in [-0.2, 0) is 29.7 Å². The highest BCUT2D eigenvalue weighted by Crippen LogP contribution is 2.39. The van der Waals surface area contributed by atoms with Crippen molar-refractivity contribution in [2.75, 3.05) is 33.4 Å². The fourth-order valence-electron chi connectivity index (χ4n) is 6.48. The van der Waals surface area contributed by atoms with Gasteiger partial charge in [0, 0.05) is 64.0 Å². The summed E-state index contributed by atoms with van der Waals surface area (Å²) in [5, 5.41) is 3.54. The average molecular weight is 525 g/mol. The number of likely N-dealkylation sites (tertiary alicyclic amines) is 1. The third-order valence-electron chi connectivity index (χ3n) is 8.56. The zero-order valence-electron chi connectivity index (χ0n) is 22.8. The number of nitrogens with zero attached hydrogens (tertiary/aromatic N) is 4. The van der Waals surface area contributed by atoms with Gasteiger partial charge in [-0.1, -0.05) is 54.6 Å². The van der Waals surface area contributed by atoms with E-state index in [2.05, 4.69) is 71.2 Å². The van der Waals surface area contributed by atoms with Gasteiger partial charge < -0.3 is 14.2 Å². The van der Waals surface area contributed by atoms with Gasteiger partial charge >= 0.3 is 6.03 Å². The van der Waals surface area contributed by atoms with Crippen molar-refractivity contribution in [1.29, 1.82) is 0 Å². The molecule has 6 rings (SSSR count). The lowest BCUT2D eigenvalue weighted by Gasteiger charge is -2.42. The molecule has 1 aromatic heterocycles. The minimum Gasteiger partial charge on any atom is -0.385 e. The summed E-state index contributed by atoms with van der Waals surface area (Å²) in [6.07, 6.45) is 4.20. The molecule has 3 amide bonds. The highest BCUT2D eigenvalue weighted by molar-refractivity contribution is 6.07. The van der Waals surface area contributed by atoms with E-state index in [0.29, 0.717) is 39.0 Å². The molecule has 2 aliphatic rings. The molecule has 2 fully saturated rings. The van der Waals surface area contributed by atoms with Crippen molar-refractivity contribution >= 4 is 33.6 Å². The Morgan fingerprint density at radius 3 is 2.44 bits per heavy atom. The van der Waals surface area contributed by atoms with Gasteiger partial charge in [0.15, 0.2) is 0 Å². The summed E-state index contributed by atoms with van der Waals surface area (Å²) in [4.78, 5) is 33.6. The third-order valence-corrected chi connectivity index (χ3v) is 8.56. The number of piperidine rings is 1. The van der Waals surface area contributed by atoms with E-state index in [9.17, 15) is 9.59 Å². The number of imide groups is 1. The van der Waals surface area contributed by atoms with E-state index >= 15 is 0 Å². The number of amides is 3. The second-order valence-corrected chi connectivity index (χ2v) is 10.9. The normalized spacial score (nSPS) is 17.8. The van der Waals surface area contributed by atoms with E-state index < -0.39 is 5.54 Å². The number of rotatable bonds is 8. The highest BCUT2D eigenvalue weighted by Gasteiger charge is 2.57. The molecule has 4 aromatic rings. The summed E-state index contributed by atoms with van der Waals surface area (Å²) in [5.74, 6) is -0.0529. The van der Waals surface area contributed by atoms with E-state index in [1.165, 1.54) is 21.4 Å². The van der Waals surface area contributed by atoms with Gasteiger partial charge in [-0.2, -0.15) is 0 Å². The molecule has 0 aliphatic carbocycles. The molecule has 3 heterocycles. The number of hydrogen-bond donors (Lipinski definition) is 0. The molecule has 0 radical (unpaired) electrons. The summed E-state index contributed by atoms with van der Waals surface area (Å²) in [7, 11) is 3.76. The van der Waals surface area contributed by atoms with Gasteiger partial charge in [-0.3, -0.25) is 14.6 Å². The lowest BCUT2D eigenvalue weighted by atomic mass is 9.85. The Hall–Kier alpha value is -3.68. The van der Waals surface area contributed by atoms with Gasteiger partial charge in [0.2, 0.25) is 0 Å². The number of para-hydroxylation sites is 1. The zero-order valence-corrected chi connectivity index (χ0v) is 22.8. The Morgan fingerprint density at radius 1 is 0.897 bits per heavy atom. The third kappa shape index (κ3) is 4.60. The first kappa shape index (κ1) is 25.6. The Kier molecular flexibility index (Phi) is 6.87. The first-order valence-corrected chi connectivity index (χ1v) is 13.9. The molecular weight excluding hydrogens is 488 g/mol. The predicted octanol–water partition coefficient (Wildman–Crippen LogP) is 5.17. The van der Waals surface area contributed by atoms with Gasteiger partial charge in [-0.15, -0.1) is 0 Å². The monoisotopic (exact) mass is 524 g/mol. The number of carbonyl (C=O) groups is 2. The van der Waals surface area contributed by atoms with Crippen molar-refractivity contribution in [1.82, 2.24) is 19.3 Å². The molecule has 202 valence electrons. The first-order valence-electron chi connectivity index (χ1n) is 13.9. The number of hydrogen-bond acceptors (Lipinski definition) is 4. The van der Waals surface area contributed by atoms with Crippen LogP contribution < -0.4 is 0 Å². The van der Waals surface area contributed by atoms with Crippen molar-refractivity contribution in [2.45, 2.75) is 37.9 Å². The SMILES string of the molecule is COCCCN1C(=O)N(Cc2ccc3ccccc3c2)C(=O)C12CCN(Cc1cn(C)c3ccccc13)CC2. The quantitative estimate of drug-likeness (QED) is 0.236. The van der Waals surface area contributed by atoms with Crippen molar-refractivity contribution in [3.8, 4) is 0 Å². The molecule has 0 saturated carbocycles. The van der Waals surface area contributed by atoms with Crippen LogP contribution in [0, 0.1) is 0 Å². The number of aromatic nitrogens is 1. The van der Waals surface area contributed by atoms with Crippen molar-refractivity contribution in [3.05, 3.63) is 84.1 Å². The van der Waals surface area contributed by atoms with Crippen LogP contribution in [0.4, 0.5) is 4.79 Å². The number of fused-ring (bicyclic) bond motifs is 2. The molecule has 2 aliphatic heterocycles. The maximum atomic E-state index is 14.1. The molecule has 2 saturated heterocycles. The van der Waals surface area contributed by atoms with Gasteiger partial charge in [-0.05, 0) is 53.3 Å². The summed E-state index contributed by atoms with van der Waals surface area (Å²) in [6.45, 7) is 3.76. The lowest BCUT2D eigenvalue weighted by Crippen LogP contribution is -2.56. The van der Waals surface area contributed by atoms with Gasteiger partial charge in [0.05, 0.1) is 6.54 Å². The first-order chi connectivity index (χ1) is 19.0. The summed E-state index contributed by atoms with van der Waals surface area (Å²) in [6, 6.07) is 22.6. The van der Waals surface area contributed by atoms with Crippen LogP contribution in [0.15, 0.2) is 72.9 Å². The van der Waals surface area contributed by atoms with E-state index in [4.69, 9.17) is 4.74 Å². The zero-order chi connectivity index (χ0) is 27.0. The van der Waals surface area contributed by atoms with Crippen LogP contribution in [0.5, 0.6) is 0 Å². The molecular formula is C32H36N4O3. The Balaban J connectivity index is 1.22. The average Bonchev–Trinajstić information content (AvgIpc) is 3.37. The Labute approximate surface area is 229 Å². The molecule has 3 aromatic carbocycles. The van der Waals surface area contributed by atoms with Crippen molar-refractivity contribution in [3.63, 3.8) is 0 Å². The Morgan fingerprint density at radius 2 is 1.64 bits per heavy atom. The fraction of sp³-hybridized carbons (Fsp3) is 0.375. The van der Waals surface area contributed by atoms with Gasteiger partial charge in [-0.25, -0.2) is 4.79 Å². The van der Waals surface area contributed by atoms with Crippen LogP contribution >= 0.6 is 0 Å². The summed E-state index contributed by atoms with van der Waals surface area (Å²) >= 11 is 0. The van der Waals surface area contributed by atoms with E-state index in [-0.39, 0.29) is 11.9 Å². The second kappa shape index (κ2) is 10.5. The van der Waals surface area contributed by atoms with Crippen LogP contribution in [-0.4, -0.2) is 70.1 Å². The molecule has 39 heavy (non-hydrogen) atoms. The van der Waals surface area contributed by atoms with Gasteiger partial charge in [0.1, 0.15) is 5.54 Å². The van der Waals surface area contributed by atoms with Gasteiger partial charge in [0.25, 0.3) is 5.91 Å². The van der Waals surface area contributed by atoms with E-state index in [0.717, 1.165) is 36.0 Å². The van der Waals surface area contributed by atoms with E-state index in [1.54, 1.807) is 7.11 Å². The van der Waals surface area contributed by atoms with E-state index in [1.807, 2.05) is 23.1 Å². The molecule has 0 N–H and O–H groups in total. The smallest absolute Gasteiger partial charge is 0.327 e. The van der Waals surface area contributed by atoms with Crippen LogP contribution in [0.25, 0.3) is 21.7 Å². The second-order valence-electron chi connectivity index (χ2n) is 10.9. The maximum Gasteiger partial charge on any atom is 0.327 e. The predicted molar refractivity (Wildman–Crippen MR) is 153 cm³/mol. The van der Waals surface area contributed by atoms with Crippen molar-refractivity contribution < 1.29 is 14.3 Å². The lowest BCUT2D eigenvalue weighted by molar-refractivity contribution is -0.136. The minimum absolute atomic E-state index is 0.0529. The molecule has 0 bridgehead atoms. The molecule has 7 nitrogen and oxygen atoms in total. The largest absolute Gasteiger partial charge is 0.385 e. The number of carbonyl (C=O) groups excluding carboxylic acids is 2. The number of benzene rings is 3. The molecule has 1 spiro atoms. The standard InChI is InChI=1S/C32H36N4O3/c1-33-22-27(28-10-5-6-11-29(28)33)23-34-17-14-32(15-18-34)30(37)35(31(38)36(32)16-7-19-39-2)21-24-12-13-25-8-3-4-9-26(25)20-24/h3-6,8-13,20,22H,7,14-19,21,23H2,1-2H3. The number of ether oxygens (including phenoxy) is 1. The van der Waals surface area contributed by atoms with Crippen LogP contribution in [0.2, 0.25) is 0 Å². The van der Waals surface area contributed by atoms with Crippen molar-refractivity contribution in [2.24, 2.45) is 7.05 Å².